The Kier molecular flexibility index (Phi) is 17.1. The van der Waals surface area contributed by atoms with Crippen LogP contribution in [0.5, 0.6) is 0 Å². The van der Waals surface area contributed by atoms with E-state index in [9.17, 15) is 9.59 Å². The highest BCUT2D eigenvalue weighted by Gasteiger charge is 2.19. The van der Waals surface area contributed by atoms with Crippen molar-refractivity contribution >= 4 is 47.1 Å². The first-order valence-corrected chi connectivity index (χ1v) is 16.1. The van der Waals surface area contributed by atoms with Gasteiger partial charge in [0, 0.05) is 30.9 Å². The number of anilines is 2. The van der Waals surface area contributed by atoms with Gasteiger partial charge in [-0.05, 0) is 36.1 Å². The Morgan fingerprint density at radius 3 is 1.23 bits per heavy atom. The van der Waals surface area contributed by atoms with Crippen molar-refractivity contribution in [3.8, 4) is 0 Å². The first kappa shape index (κ1) is 33.3. The number of benzene rings is 2. The number of amides is 2. The lowest BCUT2D eigenvalue weighted by molar-refractivity contribution is 0.264. The van der Waals surface area contributed by atoms with E-state index >= 15 is 0 Å². The Morgan fingerprint density at radius 2 is 0.872 bits per heavy atom. The van der Waals surface area contributed by atoms with Gasteiger partial charge in [-0.15, -0.1) is 0 Å². The van der Waals surface area contributed by atoms with E-state index in [0.717, 1.165) is 48.2 Å². The number of unbranched alkanes of at least 4 members (excludes halogenated alkanes) is 12. The van der Waals surface area contributed by atoms with E-state index < -0.39 is 0 Å². The smallest absolute Gasteiger partial charge is 0.282 e. The molecule has 0 aromatic heterocycles. The predicted molar refractivity (Wildman–Crippen MR) is 175 cm³/mol. The summed E-state index contributed by atoms with van der Waals surface area (Å²) in [5.41, 5.74) is 3.90. The summed E-state index contributed by atoms with van der Waals surface area (Å²) in [4.78, 5) is 28.7. The average Bonchev–Trinajstić information content (AvgIpc) is 2.92. The summed E-state index contributed by atoms with van der Waals surface area (Å²) in [5, 5.41) is -0.458. The van der Waals surface area contributed by atoms with Gasteiger partial charge in [-0.25, -0.2) is 0 Å². The van der Waals surface area contributed by atoms with Crippen molar-refractivity contribution in [3.63, 3.8) is 0 Å². The van der Waals surface area contributed by atoms with Crippen LogP contribution < -0.4 is 9.80 Å². The Bertz CT molecular complexity index is 904. The summed E-state index contributed by atoms with van der Waals surface area (Å²) >= 11 is 8.45. The molecule has 0 aliphatic rings. The Morgan fingerprint density at radius 1 is 0.538 bits per heavy atom. The second-order valence-electron chi connectivity index (χ2n) is 10.5. The van der Waals surface area contributed by atoms with Crippen molar-refractivity contribution in [2.45, 2.75) is 110 Å². The molecule has 0 heterocycles. The summed E-state index contributed by atoms with van der Waals surface area (Å²) in [6, 6.07) is 16.1. The first-order valence-electron chi connectivity index (χ1n) is 15.2. The molecular weight excluding hydrogens is 521 g/mol. The molecule has 6 heteroatoms. The van der Waals surface area contributed by atoms with Crippen molar-refractivity contribution in [2.24, 2.45) is 0 Å². The lowest BCUT2D eigenvalue weighted by atomic mass is 10.00. The largest absolute Gasteiger partial charge is 0.303 e. The van der Waals surface area contributed by atoms with Crippen LogP contribution in [0.2, 0.25) is 0 Å². The Balaban J connectivity index is 2.11. The van der Waals surface area contributed by atoms with Crippen molar-refractivity contribution in [3.05, 3.63) is 59.7 Å². The van der Waals surface area contributed by atoms with E-state index in [0.29, 0.717) is 19.5 Å². The van der Waals surface area contributed by atoms with E-state index in [1.54, 1.807) is 9.80 Å². The van der Waals surface area contributed by atoms with E-state index in [4.69, 9.17) is 0 Å². The Hall–Kier alpha value is -1.92. The third-order valence-electron chi connectivity index (χ3n) is 7.38. The van der Waals surface area contributed by atoms with Crippen LogP contribution in [0.15, 0.2) is 48.5 Å². The van der Waals surface area contributed by atoms with Gasteiger partial charge in [0.15, 0.2) is 0 Å². The average molecular weight is 571 g/mol. The molecule has 0 fully saturated rings. The molecule has 216 valence electrons. The minimum Gasteiger partial charge on any atom is -0.303 e. The maximum Gasteiger partial charge on any atom is 0.282 e. The highest BCUT2D eigenvalue weighted by molar-refractivity contribution is 7.97. The summed E-state index contributed by atoms with van der Waals surface area (Å²) in [6.07, 6.45) is 17.4. The van der Waals surface area contributed by atoms with Gasteiger partial charge in [-0.1, -0.05) is 153 Å². The molecule has 0 atom stereocenters. The molecule has 39 heavy (non-hydrogen) atoms. The molecule has 0 aliphatic carbocycles. The maximum atomic E-state index is 12.6. The minimum absolute atomic E-state index is 0.229. The van der Waals surface area contributed by atoms with Crippen LogP contribution in [0, 0.1) is 0 Å². The van der Waals surface area contributed by atoms with E-state index in [1.807, 2.05) is 36.4 Å². The number of hydrogen-bond acceptors (Lipinski definition) is 2. The van der Waals surface area contributed by atoms with Crippen LogP contribution >= 0.6 is 25.3 Å². The molecule has 0 spiro atoms. The summed E-state index contributed by atoms with van der Waals surface area (Å²) in [6.45, 7) is 5.79. The van der Waals surface area contributed by atoms with Gasteiger partial charge in [0.2, 0.25) is 0 Å². The maximum absolute atomic E-state index is 12.6. The molecule has 4 nitrogen and oxygen atoms in total. The highest BCUT2D eigenvalue weighted by Crippen LogP contribution is 2.30. The number of thiol groups is 2. The monoisotopic (exact) mass is 570 g/mol. The molecule has 2 aromatic rings. The van der Waals surface area contributed by atoms with E-state index in [-0.39, 0.29) is 10.5 Å². The lowest BCUT2D eigenvalue weighted by Gasteiger charge is -2.26. The van der Waals surface area contributed by atoms with Crippen molar-refractivity contribution in [1.82, 2.24) is 0 Å². The van der Waals surface area contributed by atoms with Gasteiger partial charge >= 0.3 is 0 Å². The lowest BCUT2D eigenvalue weighted by Crippen LogP contribution is -2.29. The molecule has 2 rings (SSSR count). The summed E-state index contributed by atoms with van der Waals surface area (Å²) in [5.74, 6) is 0. The molecule has 0 aliphatic heterocycles. The van der Waals surface area contributed by atoms with Crippen LogP contribution in [0.3, 0.4) is 0 Å². The third-order valence-corrected chi connectivity index (χ3v) is 7.86. The number of nitrogens with zero attached hydrogens (tertiary/aromatic N) is 2. The number of carbonyl (C=O) groups is 2. The molecule has 2 amide bonds. The fraction of sp³-hybridized carbons (Fsp3) is 0.576. The summed E-state index contributed by atoms with van der Waals surface area (Å²) < 4.78 is 0. The van der Waals surface area contributed by atoms with Crippen molar-refractivity contribution in [1.29, 1.82) is 0 Å². The standard InChI is InChI=1S/C33H50N2O2S2/c1-3-5-7-9-11-13-19-25-34(32(36)38)30-23-17-15-21-28(30)27-29-22-16-18-24-31(29)35(33(37)39)26-20-14-12-10-8-6-4-2/h15-18,21-24H,3-14,19-20,25-27H2,1-2H3,(H,36,38)(H,37,39). The number of para-hydroxylation sites is 2. The third kappa shape index (κ3) is 12.4. The predicted octanol–water partition coefficient (Wildman–Crippen LogP) is 10.5. The fourth-order valence-corrected chi connectivity index (χ4v) is 5.56. The van der Waals surface area contributed by atoms with Crippen LogP contribution in [-0.4, -0.2) is 23.6 Å². The SMILES string of the molecule is CCCCCCCCCN(C(=O)S)c1ccccc1Cc1ccccc1N(CCCCCCCCC)C(=O)S. The Labute approximate surface area is 248 Å². The van der Waals surface area contributed by atoms with Crippen LogP contribution in [0.1, 0.15) is 115 Å². The molecule has 0 unspecified atom stereocenters. The number of rotatable bonds is 20. The molecule has 0 N–H and O–H groups in total. The van der Waals surface area contributed by atoms with Gasteiger partial charge in [-0.2, -0.15) is 0 Å². The van der Waals surface area contributed by atoms with Gasteiger partial charge in [0.05, 0.1) is 0 Å². The normalized spacial score (nSPS) is 11.0. The zero-order chi connectivity index (χ0) is 28.3. The number of hydrogen-bond donors (Lipinski definition) is 2. The van der Waals surface area contributed by atoms with Crippen molar-refractivity contribution < 1.29 is 9.59 Å². The van der Waals surface area contributed by atoms with Gasteiger partial charge in [0.25, 0.3) is 10.5 Å². The second kappa shape index (κ2) is 20.0. The minimum atomic E-state index is -0.229. The summed E-state index contributed by atoms with van der Waals surface area (Å²) in [7, 11) is 0. The van der Waals surface area contributed by atoms with E-state index in [1.165, 1.54) is 64.2 Å². The van der Waals surface area contributed by atoms with Crippen molar-refractivity contribution in [2.75, 3.05) is 22.9 Å². The highest BCUT2D eigenvalue weighted by atomic mass is 32.1. The van der Waals surface area contributed by atoms with Crippen LogP contribution in [-0.2, 0) is 6.42 Å². The fourth-order valence-electron chi connectivity index (χ4n) is 5.14. The van der Waals surface area contributed by atoms with Gasteiger partial charge in [-0.3, -0.25) is 9.59 Å². The zero-order valence-corrected chi connectivity index (χ0v) is 26.0. The quantitative estimate of drug-likeness (QED) is 0.123. The number of carbonyl (C=O) groups excluding carboxylic acids is 2. The molecule has 2 aromatic carbocycles. The molecule has 0 saturated heterocycles. The van der Waals surface area contributed by atoms with Gasteiger partial charge in [0.1, 0.15) is 0 Å². The topological polar surface area (TPSA) is 40.6 Å². The van der Waals surface area contributed by atoms with Crippen LogP contribution in [0.25, 0.3) is 0 Å². The van der Waals surface area contributed by atoms with Crippen LogP contribution in [0.4, 0.5) is 21.0 Å². The molecule has 0 saturated carbocycles. The molecule has 0 radical (unpaired) electrons. The zero-order valence-electron chi connectivity index (χ0n) is 24.2. The van der Waals surface area contributed by atoms with E-state index in [2.05, 4.69) is 51.2 Å². The first-order chi connectivity index (χ1) is 19.0. The second-order valence-corrected chi connectivity index (χ2v) is 11.3. The molecular formula is C33H50N2O2S2. The van der Waals surface area contributed by atoms with Gasteiger partial charge < -0.3 is 9.80 Å². The molecule has 0 bridgehead atoms.